The number of nitrogens with one attached hydrogen (secondary N) is 1. The quantitative estimate of drug-likeness (QED) is 0.752. The molecule has 5 heteroatoms. The first-order valence-corrected chi connectivity index (χ1v) is 4.59. The highest BCUT2D eigenvalue weighted by atomic mass is 16.5. The van der Waals surface area contributed by atoms with Crippen molar-refractivity contribution in [2.45, 2.75) is 6.92 Å². The van der Waals surface area contributed by atoms with E-state index >= 15 is 0 Å². The van der Waals surface area contributed by atoms with E-state index in [-0.39, 0.29) is 6.01 Å². The van der Waals surface area contributed by atoms with Crippen molar-refractivity contribution < 1.29 is 9.26 Å². The molecule has 0 aromatic carbocycles. The number of ether oxygens (including phenoxy) is 1. The molecule has 76 valence electrons. The van der Waals surface area contributed by atoms with Crippen molar-refractivity contribution in [3.05, 3.63) is 12.0 Å². The van der Waals surface area contributed by atoms with E-state index in [1.807, 2.05) is 0 Å². The lowest BCUT2D eigenvalue weighted by Gasteiger charge is -2.16. The van der Waals surface area contributed by atoms with Crippen molar-refractivity contribution in [3.8, 4) is 6.01 Å². The summed E-state index contributed by atoms with van der Waals surface area (Å²) in [5.74, 6) is 1.04. The maximum absolute atomic E-state index is 5.05. The van der Waals surface area contributed by atoms with Gasteiger partial charge in [-0.25, -0.2) is 0 Å². The molecule has 0 spiro atoms. The van der Waals surface area contributed by atoms with Gasteiger partial charge in [0.25, 0.3) is 5.89 Å². The second-order valence-electron chi connectivity index (χ2n) is 3.39. The number of rotatable bonds is 2. The minimum atomic E-state index is 0.277. The first-order valence-electron chi connectivity index (χ1n) is 4.59. The van der Waals surface area contributed by atoms with Gasteiger partial charge in [-0.1, -0.05) is 13.0 Å². The number of hydrogen-bond acceptors (Lipinski definition) is 5. The summed E-state index contributed by atoms with van der Waals surface area (Å²) in [7, 11) is 1.52. The summed E-state index contributed by atoms with van der Waals surface area (Å²) >= 11 is 0. The van der Waals surface area contributed by atoms with E-state index in [1.54, 1.807) is 0 Å². The molecule has 1 aromatic rings. The van der Waals surface area contributed by atoms with E-state index in [0.29, 0.717) is 11.8 Å². The lowest BCUT2D eigenvalue weighted by molar-refractivity contribution is 0.333. The average Bonchev–Trinajstić information content (AvgIpc) is 2.66. The molecule has 1 aliphatic heterocycles. The molecule has 0 saturated carbocycles. The number of methoxy groups -OCH3 is 1. The molecule has 2 heterocycles. The van der Waals surface area contributed by atoms with Crippen LogP contribution in [0.3, 0.4) is 0 Å². The molecule has 0 saturated heterocycles. The van der Waals surface area contributed by atoms with Gasteiger partial charge in [-0.05, 0) is 11.1 Å². The topological polar surface area (TPSA) is 60.2 Å². The van der Waals surface area contributed by atoms with Gasteiger partial charge in [0, 0.05) is 18.7 Å². The molecule has 2 rings (SSSR count). The molecule has 0 fully saturated rings. The highest BCUT2D eigenvalue weighted by Gasteiger charge is 2.16. The Balaban J connectivity index is 2.21. The van der Waals surface area contributed by atoms with Crippen LogP contribution in [0.15, 0.2) is 10.6 Å². The molecule has 14 heavy (non-hydrogen) atoms. The van der Waals surface area contributed by atoms with E-state index in [9.17, 15) is 0 Å². The van der Waals surface area contributed by atoms with Crippen molar-refractivity contribution in [1.82, 2.24) is 15.5 Å². The summed E-state index contributed by atoms with van der Waals surface area (Å²) in [6.45, 7) is 3.91. The van der Waals surface area contributed by atoms with Crippen LogP contribution < -0.4 is 10.1 Å². The maximum atomic E-state index is 5.05. The largest absolute Gasteiger partial charge is 0.465 e. The second-order valence-corrected chi connectivity index (χ2v) is 3.39. The van der Waals surface area contributed by atoms with Crippen molar-refractivity contribution in [2.24, 2.45) is 5.92 Å². The molecule has 5 nitrogen and oxygen atoms in total. The van der Waals surface area contributed by atoms with Gasteiger partial charge in [0.1, 0.15) is 0 Å². The molecule has 1 N–H and O–H groups in total. The van der Waals surface area contributed by atoms with Crippen LogP contribution >= 0.6 is 0 Å². The van der Waals surface area contributed by atoms with Crippen LogP contribution in [0.2, 0.25) is 0 Å². The van der Waals surface area contributed by atoms with Crippen molar-refractivity contribution in [2.75, 3.05) is 20.2 Å². The Morgan fingerprint density at radius 1 is 1.64 bits per heavy atom. The smallest absolute Gasteiger partial charge is 0.354 e. The number of aromatic nitrogens is 2. The van der Waals surface area contributed by atoms with Gasteiger partial charge in [0.15, 0.2) is 0 Å². The van der Waals surface area contributed by atoms with Gasteiger partial charge >= 0.3 is 6.01 Å². The number of hydrogen-bond donors (Lipinski definition) is 1. The zero-order valence-corrected chi connectivity index (χ0v) is 8.28. The third-order valence-corrected chi connectivity index (χ3v) is 2.13. The highest BCUT2D eigenvalue weighted by molar-refractivity contribution is 5.61. The van der Waals surface area contributed by atoms with Crippen LogP contribution in [0.1, 0.15) is 12.8 Å². The fraction of sp³-hybridized carbons (Fsp3) is 0.556. The summed E-state index contributed by atoms with van der Waals surface area (Å²) in [6, 6.07) is 0.277. The van der Waals surface area contributed by atoms with E-state index in [2.05, 4.69) is 28.5 Å². The predicted molar refractivity (Wildman–Crippen MR) is 50.9 cm³/mol. The Hall–Kier alpha value is -1.36. The maximum Gasteiger partial charge on any atom is 0.354 e. The average molecular weight is 195 g/mol. The minimum Gasteiger partial charge on any atom is -0.465 e. The molecule has 1 atom stereocenters. The van der Waals surface area contributed by atoms with Gasteiger partial charge in [0.05, 0.1) is 7.11 Å². The molecule has 1 aliphatic rings. The van der Waals surface area contributed by atoms with E-state index in [1.165, 1.54) is 7.11 Å². The van der Waals surface area contributed by atoms with Crippen molar-refractivity contribution >= 4 is 5.57 Å². The van der Waals surface area contributed by atoms with Crippen molar-refractivity contribution in [3.63, 3.8) is 0 Å². The van der Waals surface area contributed by atoms with Crippen LogP contribution in [-0.4, -0.2) is 30.3 Å². The summed E-state index contributed by atoms with van der Waals surface area (Å²) < 4.78 is 9.90. The van der Waals surface area contributed by atoms with E-state index in [4.69, 9.17) is 9.26 Å². The standard InChI is InChI=1S/C9H13N3O2/c1-6-3-7(5-10-4-6)8-11-9(13-2)12-14-8/h3,6,10H,4-5H2,1-2H3. The van der Waals surface area contributed by atoms with E-state index < -0.39 is 0 Å². The first-order chi connectivity index (χ1) is 6.79. The van der Waals surface area contributed by atoms with E-state index in [0.717, 1.165) is 18.7 Å². The van der Waals surface area contributed by atoms with Gasteiger partial charge in [-0.3, -0.25) is 0 Å². The van der Waals surface area contributed by atoms with Gasteiger partial charge in [-0.2, -0.15) is 4.98 Å². The third kappa shape index (κ3) is 1.77. The monoisotopic (exact) mass is 195 g/mol. The molecular formula is C9H13N3O2. The Morgan fingerprint density at radius 2 is 2.50 bits per heavy atom. The SMILES string of the molecule is COc1noc(C2=CC(C)CNC2)n1. The Labute approximate surface area is 82.1 Å². The van der Waals surface area contributed by atoms with Crippen LogP contribution in [0, 0.1) is 5.92 Å². The number of nitrogens with zero attached hydrogens (tertiary/aromatic N) is 2. The molecular weight excluding hydrogens is 182 g/mol. The van der Waals surface area contributed by atoms with Crippen molar-refractivity contribution in [1.29, 1.82) is 0 Å². The van der Waals surface area contributed by atoms with Gasteiger partial charge < -0.3 is 14.6 Å². The van der Waals surface area contributed by atoms with Crippen LogP contribution in [0.25, 0.3) is 5.57 Å². The van der Waals surface area contributed by atoms with Crippen LogP contribution in [0.4, 0.5) is 0 Å². The van der Waals surface area contributed by atoms with Crippen LogP contribution in [-0.2, 0) is 0 Å². The summed E-state index contributed by atoms with van der Waals surface area (Å²) in [5, 5.41) is 6.93. The normalized spacial score (nSPS) is 21.9. The molecule has 0 radical (unpaired) electrons. The Kier molecular flexibility index (Phi) is 2.49. The summed E-state index contributed by atoms with van der Waals surface area (Å²) in [5.41, 5.74) is 1.04. The fourth-order valence-electron chi connectivity index (χ4n) is 1.47. The lowest BCUT2D eigenvalue weighted by atomic mass is 10.0. The third-order valence-electron chi connectivity index (χ3n) is 2.13. The molecule has 1 aromatic heterocycles. The Morgan fingerprint density at radius 3 is 3.14 bits per heavy atom. The molecule has 0 amide bonds. The molecule has 1 unspecified atom stereocenters. The zero-order valence-electron chi connectivity index (χ0n) is 8.28. The van der Waals surface area contributed by atoms with Gasteiger partial charge in [0.2, 0.25) is 0 Å². The zero-order chi connectivity index (χ0) is 9.97. The molecule has 0 aliphatic carbocycles. The predicted octanol–water partition coefficient (Wildman–Crippen LogP) is 0.701. The summed E-state index contributed by atoms with van der Waals surface area (Å²) in [4.78, 5) is 4.08. The highest BCUT2D eigenvalue weighted by Crippen LogP contribution is 2.18. The fourth-order valence-corrected chi connectivity index (χ4v) is 1.47. The Bertz CT molecular complexity index is 346. The second kappa shape index (κ2) is 3.79. The lowest BCUT2D eigenvalue weighted by Crippen LogP contribution is -2.27. The van der Waals surface area contributed by atoms with Crippen LogP contribution in [0.5, 0.6) is 6.01 Å². The van der Waals surface area contributed by atoms with Gasteiger partial charge in [-0.15, -0.1) is 0 Å². The first kappa shape index (κ1) is 9.21. The minimum absolute atomic E-state index is 0.277. The summed E-state index contributed by atoms with van der Waals surface area (Å²) in [6.07, 6.45) is 2.14. The molecule has 0 bridgehead atoms.